The van der Waals surface area contributed by atoms with E-state index in [1.165, 1.54) is 12.3 Å². The predicted octanol–water partition coefficient (Wildman–Crippen LogP) is 2.14. The van der Waals surface area contributed by atoms with E-state index in [1.807, 2.05) is 0 Å². The van der Waals surface area contributed by atoms with Gasteiger partial charge in [0.15, 0.2) is 0 Å². The molecule has 0 aromatic carbocycles. The molecular formula is C12H14F3N3O2. The van der Waals surface area contributed by atoms with Gasteiger partial charge >= 0.3 is 12.1 Å². The third-order valence-electron chi connectivity index (χ3n) is 3.38. The van der Waals surface area contributed by atoms with Crippen molar-refractivity contribution in [2.75, 3.05) is 23.7 Å². The topological polar surface area (TPSA) is 79.5 Å². The molecule has 1 aromatic heterocycles. The summed E-state index contributed by atoms with van der Waals surface area (Å²) in [6.45, 7) is 0.253. The number of halogens is 3. The lowest BCUT2D eigenvalue weighted by Crippen LogP contribution is -2.40. The van der Waals surface area contributed by atoms with Gasteiger partial charge in [0.25, 0.3) is 0 Å². The van der Waals surface area contributed by atoms with Crippen molar-refractivity contribution in [3.05, 3.63) is 17.8 Å². The average Bonchev–Trinajstić information content (AvgIpc) is 2.37. The molecule has 0 atom stereocenters. The van der Waals surface area contributed by atoms with Gasteiger partial charge < -0.3 is 15.7 Å². The van der Waals surface area contributed by atoms with Crippen molar-refractivity contribution >= 4 is 17.5 Å². The Morgan fingerprint density at radius 3 is 2.50 bits per heavy atom. The summed E-state index contributed by atoms with van der Waals surface area (Å²) in [7, 11) is 0. The van der Waals surface area contributed by atoms with Crippen LogP contribution < -0.4 is 10.6 Å². The highest BCUT2D eigenvalue weighted by molar-refractivity contribution is 5.94. The highest BCUT2D eigenvalue weighted by Gasteiger charge is 2.41. The van der Waals surface area contributed by atoms with Gasteiger partial charge in [-0.2, -0.15) is 13.2 Å². The third kappa shape index (κ3) is 2.94. The van der Waals surface area contributed by atoms with Crippen molar-refractivity contribution in [3.63, 3.8) is 0 Å². The van der Waals surface area contributed by atoms with Crippen molar-refractivity contribution in [2.45, 2.75) is 19.0 Å². The number of carboxylic acid groups (broad SMARTS) is 1. The van der Waals surface area contributed by atoms with E-state index in [0.717, 1.165) is 0 Å². The van der Waals surface area contributed by atoms with Crippen LogP contribution in [0.3, 0.4) is 0 Å². The number of carboxylic acids is 1. The number of nitrogens with two attached hydrogens (primary N) is 1. The summed E-state index contributed by atoms with van der Waals surface area (Å²) in [6.07, 6.45) is -3.02. The molecule has 110 valence electrons. The van der Waals surface area contributed by atoms with Gasteiger partial charge in [-0.25, -0.2) is 9.78 Å². The molecule has 0 spiro atoms. The Morgan fingerprint density at radius 1 is 1.40 bits per heavy atom. The SMILES string of the molecule is Nc1cnc(N2CCC(C(F)(F)F)CC2)c(C(=O)O)c1. The summed E-state index contributed by atoms with van der Waals surface area (Å²) in [5.41, 5.74) is 5.60. The monoisotopic (exact) mass is 289 g/mol. The van der Waals surface area contributed by atoms with Crippen LogP contribution in [0.1, 0.15) is 23.2 Å². The zero-order valence-corrected chi connectivity index (χ0v) is 10.5. The molecule has 2 rings (SSSR count). The maximum atomic E-state index is 12.6. The minimum Gasteiger partial charge on any atom is -0.478 e. The number of hydrogen-bond donors (Lipinski definition) is 2. The minimum absolute atomic E-state index is 0.0609. The number of piperidine rings is 1. The van der Waals surface area contributed by atoms with Crippen molar-refractivity contribution in [1.82, 2.24) is 4.98 Å². The molecule has 0 amide bonds. The van der Waals surface area contributed by atoms with Gasteiger partial charge in [0.05, 0.1) is 17.8 Å². The van der Waals surface area contributed by atoms with Crippen LogP contribution in [0, 0.1) is 5.92 Å². The van der Waals surface area contributed by atoms with E-state index in [-0.39, 0.29) is 43.0 Å². The molecule has 2 heterocycles. The van der Waals surface area contributed by atoms with Gasteiger partial charge in [0.2, 0.25) is 0 Å². The van der Waals surface area contributed by atoms with Gasteiger partial charge in [-0.05, 0) is 18.9 Å². The number of alkyl halides is 3. The number of aromatic nitrogens is 1. The summed E-state index contributed by atoms with van der Waals surface area (Å²) in [5.74, 6) is -2.36. The Labute approximate surface area is 113 Å². The maximum Gasteiger partial charge on any atom is 0.391 e. The fourth-order valence-electron chi connectivity index (χ4n) is 2.30. The number of carbonyl (C=O) groups is 1. The lowest BCUT2D eigenvalue weighted by molar-refractivity contribution is -0.179. The number of rotatable bonds is 2. The lowest BCUT2D eigenvalue weighted by Gasteiger charge is -2.34. The first-order chi connectivity index (χ1) is 9.29. The summed E-state index contributed by atoms with van der Waals surface area (Å²) in [6, 6.07) is 1.26. The second kappa shape index (κ2) is 5.18. The number of nitrogen functional groups attached to an aromatic ring is 1. The molecule has 1 fully saturated rings. The standard InChI is InChI=1S/C12H14F3N3O2/c13-12(14,15)7-1-3-18(4-2-7)10-9(11(19)20)5-8(16)6-17-10/h5-7H,1-4,16H2,(H,19,20). The molecule has 1 aromatic rings. The van der Waals surface area contributed by atoms with Crippen LogP contribution in [0.5, 0.6) is 0 Å². The van der Waals surface area contributed by atoms with Gasteiger partial charge in [0.1, 0.15) is 11.4 Å². The van der Waals surface area contributed by atoms with Crippen molar-refractivity contribution < 1.29 is 23.1 Å². The second-order valence-corrected chi connectivity index (χ2v) is 4.75. The molecule has 0 aliphatic carbocycles. The van der Waals surface area contributed by atoms with Crippen LogP contribution in [0.2, 0.25) is 0 Å². The molecule has 5 nitrogen and oxygen atoms in total. The van der Waals surface area contributed by atoms with Crippen molar-refractivity contribution in [3.8, 4) is 0 Å². The first kappa shape index (κ1) is 14.4. The third-order valence-corrected chi connectivity index (χ3v) is 3.38. The van der Waals surface area contributed by atoms with E-state index in [1.54, 1.807) is 4.90 Å². The van der Waals surface area contributed by atoms with Crippen LogP contribution in [0.25, 0.3) is 0 Å². The summed E-state index contributed by atoms with van der Waals surface area (Å²) >= 11 is 0. The largest absolute Gasteiger partial charge is 0.478 e. The van der Waals surface area contributed by atoms with E-state index in [0.29, 0.717) is 0 Å². The Morgan fingerprint density at radius 2 is 2.00 bits per heavy atom. The smallest absolute Gasteiger partial charge is 0.391 e. The Balaban J connectivity index is 2.17. The van der Waals surface area contributed by atoms with Crippen LogP contribution >= 0.6 is 0 Å². The maximum absolute atomic E-state index is 12.6. The normalized spacial score (nSPS) is 17.2. The fourth-order valence-corrected chi connectivity index (χ4v) is 2.30. The van der Waals surface area contributed by atoms with E-state index in [9.17, 15) is 18.0 Å². The number of nitrogens with zero attached hydrogens (tertiary/aromatic N) is 2. The molecule has 0 bridgehead atoms. The van der Waals surface area contributed by atoms with E-state index >= 15 is 0 Å². The molecule has 0 saturated carbocycles. The molecule has 0 radical (unpaired) electrons. The first-order valence-corrected chi connectivity index (χ1v) is 6.09. The van der Waals surface area contributed by atoms with Gasteiger partial charge in [-0.15, -0.1) is 0 Å². The molecule has 8 heteroatoms. The number of anilines is 2. The zero-order chi connectivity index (χ0) is 14.9. The molecule has 1 saturated heterocycles. The predicted molar refractivity (Wildman–Crippen MR) is 66.6 cm³/mol. The van der Waals surface area contributed by atoms with E-state index in [2.05, 4.69) is 4.98 Å². The van der Waals surface area contributed by atoms with Crippen LogP contribution in [0.15, 0.2) is 12.3 Å². The van der Waals surface area contributed by atoms with Crippen molar-refractivity contribution in [1.29, 1.82) is 0 Å². The molecule has 0 unspecified atom stereocenters. The Bertz CT molecular complexity index is 511. The average molecular weight is 289 g/mol. The van der Waals surface area contributed by atoms with Crippen molar-refractivity contribution in [2.24, 2.45) is 5.92 Å². The molecule has 1 aliphatic heterocycles. The summed E-state index contributed by atoms with van der Waals surface area (Å²) in [4.78, 5) is 16.6. The molecular weight excluding hydrogens is 275 g/mol. The first-order valence-electron chi connectivity index (χ1n) is 6.09. The number of pyridine rings is 1. The molecule has 20 heavy (non-hydrogen) atoms. The number of aromatic carboxylic acids is 1. The minimum atomic E-state index is -4.20. The molecule has 1 aliphatic rings. The van der Waals surface area contributed by atoms with Crippen LogP contribution in [-0.2, 0) is 0 Å². The number of hydrogen-bond acceptors (Lipinski definition) is 4. The van der Waals surface area contributed by atoms with Gasteiger partial charge in [-0.1, -0.05) is 0 Å². The summed E-state index contributed by atoms with van der Waals surface area (Å²) in [5, 5.41) is 9.10. The van der Waals surface area contributed by atoms with Gasteiger partial charge in [-0.3, -0.25) is 0 Å². The fraction of sp³-hybridized carbons (Fsp3) is 0.500. The zero-order valence-electron chi connectivity index (χ0n) is 10.5. The highest BCUT2D eigenvalue weighted by Crippen LogP contribution is 2.35. The van der Waals surface area contributed by atoms with Crippen LogP contribution in [-0.4, -0.2) is 35.3 Å². The second-order valence-electron chi connectivity index (χ2n) is 4.75. The summed E-state index contributed by atoms with van der Waals surface area (Å²) < 4.78 is 37.8. The Hall–Kier alpha value is -1.99. The van der Waals surface area contributed by atoms with Gasteiger partial charge in [0, 0.05) is 13.1 Å². The van der Waals surface area contributed by atoms with E-state index < -0.39 is 18.1 Å². The van der Waals surface area contributed by atoms with Crippen LogP contribution in [0.4, 0.5) is 24.7 Å². The van der Waals surface area contributed by atoms with E-state index in [4.69, 9.17) is 10.8 Å². The Kier molecular flexibility index (Phi) is 3.74. The highest BCUT2D eigenvalue weighted by atomic mass is 19.4. The lowest BCUT2D eigenvalue weighted by atomic mass is 9.96. The quantitative estimate of drug-likeness (QED) is 0.872. The molecule has 3 N–H and O–H groups in total.